The van der Waals surface area contributed by atoms with E-state index in [4.69, 9.17) is 23.9 Å². The molecule has 2 rings (SSSR count). The molecule has 2 aromatic rings. The molecule has 1 N–H and O–H groups in total. The van der Waals surface area contributed by atoms with Crippen molar-refractivity contribution in [1.82, 2.24) is 0 Å². The normalized spacial score (nSPS) is 14.8. The summed E-state index contributed by atoms with van der Waals surface area (Å²) >= 11 is 1.74. The fourth-order valence-corrected chi connectivity index (χ4v) is 4.31. The van der Waals surface area contributed by atoms with Crippen LogP contribution >= 0.6 is 11.8 Å². The van der Waals surface area contributed by atoms with Crippen LogP contribution in [-0.4, -0.2) is 48.5 Å². The Hall–Kier alpha value is -3.39. The number of aliphatic imine (C=N–C) groups is 1. The molecule has 1 unspecified atom stereocenters. The largest absolute Gasteiger partial charge is 0.500 e. The van der Waals surface area contributed by atoms with Crippen LogP contribution in [0.5, 0.6) is 17.2 Å². The van der Waals surface area contributed by atoms with Crippen LogP contribution < -0.4 is 14.2 Å². The number of hydrogen-bond donors (Lipinski definition) is 1. The van der Waals surface area contributed by atoms with Crippen molar-refractivity contribution < 1.29 is 28.8 Å². The van der Waals surface area contributed by atoms with E-state index >= 15 is 0 Å². The SMILES string of the molecule is CC/C=C\SC(C)C(C)=N/C(CCOc1ccc(C[C@](C)(Oc2ccc(OC)cc2)C(=O)O)cc1)=C(/C)OC. The van der Waals surface area contributed by atoms with Crippen LogP contribution in [0.3, 0.4) is 0 Å². The van der Waals surface area contributed by atoms with Crippen molar-refractivity contribution in [3.8, 4) is 17.2 Å². The van der Waals surface area contributed by atoms with Crippen LogP contribution in [0.15, 0.2) is 76.5 Å². The molecule has 0 heterocycles. The van der Waals surface area contributed by atoms with Gasteiger partial charge >= 0.3 is 5.97 Å². The van der Waals surface area contributed by atoms with Gasteiger partial charge in [-0.3, -0.25) is 4.99 Å². The lowest BCUT2D eigenvalue weighted by Crippen LogP contribution is -2.43. The molecule has 2 aromatic carbocycles. The standard InChI is InChI=1S/C31H41NO6S/c1-8-9-20-39-24(4)22(2)32-29(23(3)35-6)18-19-37-27-12-10-25(11-13-27)21-31(5,30(33)34)38-28-16-14-26(36-7)15-17-28/h9-17,20,24H,8,18-19,21H2,1-7H3,(H,33,34)/b20-9-,29-23-,32-22?/t24?,31-/m0/s1. The highest BCUT2D eigenvalue weighted by molar-refractivity contribution is 8.03. The smallest absolute Gasteiger partial charge is 0.348 e. The zero-order chi connectivity index (χ0) is 28.8. The summed E-state index contributed by atoms with van der Waals surface area (Å²) in [6, 6.07) is 14.2. The maximum Gasteiger partial charge on any atom is 0.348 e. The van der Waals surface area contributed by atoms with E-state index < -0.39 is 11.6 Å². The minimum atomic E-state index is -1.44. The molecule has 0 aliphatic carbocycles. The van der Waals surface area contributed by atoms with Gasteiger partial charge < -0.3 is 24.1 Å². The van der Waals surface area contributed by atoms with Gasteiger partial charge in [0.05, 0.1) is 26.5 Å². The van der Waals surface area contributed by atoms with E-state index in [1.54, 1.807) is 57.2 Å². The second-order valence-corrected chi connectivity index (χ2v) is 10.5. The first kappa shape index (κ1) is 31.8. The highest BCUT2D eigenvalue weighted by atomic mass is 32.2. The second-order valence-electron chi connectivity index (χ2n) is 9.25. The molecule has 39 heavy (non-hydrogen) atoms. The number of methoxy groups -OCH3 is 2. The Balaban J connectivity index is 2.01. The van der Waals surface area contributed by atoms with Crippen molar-refractivity contribution in [1.29, 1.82) is 0 Å². The average molecular weight is 556 g/mol. The average Bonchev–Trinajstić information content (AvgIpc) is 2.93. The molecule has 7 nitrogen and oxygen atoms in total. The van der Waals surface area contributed by atoms with Crippen LogP contribution in [-0.2, 0) is 16.0 Å². The summed E-state index contributed by atoms with van der Waals surface area (Å²) in [6.07, 6.45) is 3.93. The van der Waals surface area contributed by atoms with E-state index in [0.29, 0.717) is 30.3 Å². The molecule has 8 heteroatoms. The molecule has 0 spiro atoms. The summed E-state index contributed by atoms with van der Waals surface area (Å²) in [5.41, 5.74) is 1.26. The number of allylic oxidation sites excluding steroid dienone is 2. The molecular weight excluding hydrogens is 514 g/mol. The summed E-state index contributed by atoms with van der Waals surface area (Å²) in [6.45, 7) is 10.2. The van der Waals surface area contributed by atoms with Gasteiger partial charge in [0.15, 0.2) is 0 Å². The Bertz CT molecular complexity index is 1140. The van der Waals surface area contributed by atoms with Gasteiger partial charge in [-0.15, -0.1) is 11.8 Å². The number of thioether (sulfide) groups is 1. The Kier molecular flexibility index (Phi) is 13.0. The molecule has 0 aliphatic heterocycles. The zero-order valence-electron chi connectivity index (χ0n) is 24.0. The van der Waals surface area contributed by atoms with Crippen LogP contribution in [0, 0.1) is 0 Å². The molecule has 0 amide bonds. The number of hydrogen-bond acceptors (Lipinski definition) is 7. The Morgan fingerprint density at radius 2 is 1.67 bits per heavy atom. The quantitative estimate of drug-likeness (QED) is 0.172. The van der Waals surface area contributed by atoms with E-state index in [-0.39, 0.29) is 11.7 Å². The van der Waals surface area contributed by atoms with E-state index in [1.165, 1.54) is 0 Å². The van der Waals surface area contributed by atoms with E-state index in [1.807, 2.05) is 38.1 Å². The highest BCUT2D eigenvalue weighted by Crippen LogP contribution is 2.26. The van der Waals surface area contributed by atoms with Crippen molar-refractivity contribution in [3.63, 3.8) is 0 Å². The van der Waals surface area contributed by atoms with Gasteiger partial charge in [0.2, 0.25) is 5.60 Å². The predicted molar refractivity (Wildman–Crippen MR) is 159 cm³/mol. The first-order valence-corrected chi connectivity index (χ1v) is 13.9. The van der Waals surface area contributed by atoms with Gasteiger partial charge in [0, 0.05) is 23.8 Å². The molecule has 212 valence electrons. The molecule has 0 saturated carbocycles. The van der Waals surface area contributed by atoms with Crippen molar-refractivity contribution in [2.75, 3.05) is 20.8 Å². The number of benzene rings is 2. The lowest BCUT2D eigenvalue weighted by molar-refractivity contribution is -0.153. The maximum absolute atomic E-state index is 12.1. The molecular formula is C31H41NO6S. The summed E-state index contributed by atoms with van der Waals surface area (Å²) in [7, 11) is 3.22. The predicted octanol–water partition coefficient (Wildman–Crippen LogP) is 7.31. The lowest BCUT2D eigenvalue weighted by Gasteiger charge is -2.26. The first-order chi connectivity index (χ1) is 18.6. The lowest BCUT2D eigenvalue weighted by atomic mass is 9.96. The van der Waals surface area contributed by atoms with E-state index in [9.17, 15) is 9.90 Å². The molecule has 0 aromatic heterocycles. The van der Waals surface area contributed by atoms with Gasteiger partial charge in [0.1, 0.15) is 23.0 Å². The number of aliphatic carboxylic acids is 1. The third-order valence-electron chi connectivity index (χ3n) is 6.15. The number of carboxylic acid groups (broad SMARTS) is 1. The number of nitrogens with zero attached hydrogens (tertiary/aromatic N) is 1. The summed E-state index contributed by atoms with van der Waals surface area (Å²) in [4.78, 5) is 16.9. The first-order valence-electron chi connectivity index (χ1n) is 13.0. The fraction of sp³-hybridized carbons (Fsp3) is 0.419. The summed E-state index contributed by atoms with van der Waals surface area (Å²) in [5.74, 6) is 1.54. The molecule has 0 bridgehead atoms. The van der Waals surface area contributed by atoms with Crippen LogP contribution in [0.4, 0.5) is 0 Å². The Labute approximate surface area is 236 Å². The van der Waals surface area contributed by atoms with Crippen molar-refractivity contribution >= 4 is 23.4 Å². The van der Waals surface area contributed by atoms with Gasteiger partial charge in [-0.1, -0.05) is 25.1 Å². The zero-order valence-corrected chi connectivity index (χ0v) is 24.8. The molecule has 0 saturated heterocycles. The monoisotopic (exact) mass is 555 g/mol. The van der Waals surface area contributed by atoms with Gasteiger partial charge in [-0.25, -0.2) is 4.79 Å². The highest BCUT2D eigenvalue weighted by Gasteiger charge is 2.36. The van der Waals surface area contributed by atoms with Gasteiger partial charge in [-0.05, 0) is 81.5 Å². The number of ether oxygens (including phenoxy) is 4. The van der Waals surface area contributed by atoms with Crippen molar-refractivity contribution in [3.05, 3.63) is 77.0 Å². The Morgan fingerprint density at radius 3 is 2.23 bits per heavy atom. The minimum absolute atomic E-state index is 0.187. The third kappa shape index (κ3) is 10.4. The van der Waals surface area contributed by atoms with Crippen molar-refractivity contribution in [2.24, 2.45) is 4.99 Å². The minimum Gasteiger partial charge on any atom is -0.500 e. The second kappa shape index (κ2) is 15.9. The molecule has 0 radical (unpaired) electrons. The van der Waals surface area contributed by atoms with E-state index in [0.717, 1.165) is 29.2 Å². The fourth-order valence-electron chi connectivity index (χ4n) is 3.52. The van der Waals surface area contributed by atoms with E-state index in [2.05, 4.69) is 25.3 Å². The van der Waals surface area contributed by atoms with Crippen molar-refractivity contribution in [2.45, 2.75) is 64.7 Å². The third-order valence-corrected chi connectivity index (χ3v) is 7.25. The molecule has 0 aliphatic rings. The molecule has 2 atom stereocenters. The number of carbonyl (C=O) groups is 1. The van der Waals surface area contributed by atoms with Crippen LogP contribution in [0.2, 0.25) is 0 Å². The molecule has 0 fully saturated rings. The van der Waals surface area contributed by atoms with Gasteiger partial charge in [-0.2, -0.15) is 0 Å². The van der Waals surface area contributed by atoms with Gasteiger partial charge in [0.25, 0.3) is 0 Å². The Morgan fingerprint density at radius 1 is 1.05 bits per heavy atom. The summed E-state index contributed by atoms with van der Waals surface area (Å²) < 4.78 is 22.5. The van der Waals surface area contributed by atoms with Crippen LogP contribution in [0.25, 0.3) is 0 Å². The summed E-state index contributed by atoms with van der Waals surface area (Å²) in [5, 5.41) is 12.3. The van der Waals surface area contributed by atoms with Crippen LogP contribution in [0.1, 0.15) is 53.0 Å². The number of rotatable bonds is 16. The topological polar surface area (TPSA) is 86.6 Å². The maximum atomic E-state index is 12.1. The number of carboxylic acids is 1.